The minimum atomic E-state index is 0.542. The molecule has 4 aliphatic carbocycles. The van der Waals surface area contributed by atoms with Crippen LogP contribution in [0.2, 0.25) is 0 Å². The van der Waals surface area contributed by atoms with Gasteiger partial charge in [-0.15, -0.1) is 0 Å². The van der Waals surface area contributed by atoms with E-state index in [0.29, 0.717) is 15.7 Å². The Bertz CT molecular complexity index is 464. The lowest BCUT2D eigenvalue weighted by Gasteiger charge is -2.63. The standard InChI is InChI=1S/C18H23Br/c1-17-8-13-7-14(9-17)11-18(10-13,12-17)16(19)15-5-3-2-4-6-15/h2-6,13-14,16H,7-12H2,1H3. The maximum atomic E-state index is 4.10. The van der Waals surface area contributed by atoms with E-state index in [1.165, 1.54) is 44.1 Å². The lowest BCUT2D eigenvalue weighted by atomic mass is 9.44. The molecule has 4 saturated carbocycles. The van der Waals surface area contributed by atoms with Crippen LogP contribution in [0.4, 0.5) is 0 Å². The van der Waals surface area contributed by atoms with Gasteiger partial charge in [0, 0.05) is 4.83 Å². The van der Waals surface area contributed by atoms with Crippen molar-refractivity contribution in [2.75, 3.05) is 0 Å². The molecule has 1 heteroatoms. The first-order valence-electron chi connectivity index (χ1n) is 7.78. The van der Waals surface area contributed by atoms with E-state index in [-0.39, 0.29) is 0 Å². The second kappa shape index (κ2) is 4.10. The molecule has 0 spiro atoms. The Morgan fingerprint density at radius 1 is 1.05 bits per heavy atom. The summed E-state index contributed by atoms with van der Waals surface area (Å²) >= 11 is 4.10. The van der Waals surface area contributed by atoms with Crippen LogP contribution in [0.3, 0.4) is 0 Å². The predicted molar refractivity (Wildman–Crippen MR) is 83.3 cm³/mol. The molecule has 0 radical (unpaired) electrons. The van der Waals surface area contributed by atoms with Crippen LogP contribution in [0.15, 0.2) is 30.3 Å². The Hall–Kier alpha value is -0.300. The predicted octanol–water partition coefficient (Wildman–Crippen LogP) is 5.73. The van der Waals surface area contributed by atoms with E-state index in [4.69, 9.17) is 0 Å². The number of hydrogen-bond acceptors (Lipinski definition) is 0. The average Bonchev–Trinajstić information content (AvgIpc) is 2.36. The molecule has 1 aromatic rings. The first-order chi connectivity index (χ1) is 9.09. The highest BCUT2D eigenvalue weighted by Crippen LogP contribution is 2.69. The van der Waals surface area contributed by atoms with Crippen molar-refractivity contribution < 1.29 is 0 Å². The normalized spacial score (nSPS) is 45.4. The van der Waals surface area contributed by atoms with Crippen LogP contribution in [0, 0.1) is 22.7 Å². The third-order valence-corrected chi connectivity index (χ3v) is 7.53. The van der Waals surface area contributed by atoms with Crippen molar-refractivity contribution in [1.29, 1.82) is 0 Å². The fraction of sp³-hybridized carbons (Fsp3) is 0.667. The van der Waals surface area contributed by atoms with Crippen LogP contribution in [-0.2, 0) is 0 Å². The molecule has 0 N–H and O–H groups in total. The van der Waals surface area contributed by atoms with Gasteiger partial charge in [-0.05, 0) is 66.8 Å². The van der Waals surface area contributed by atoms with E-state index in [9.17, 15) is 0 Å². The summed E-state index contributed by atoms with van der Waals surface area (Å²) in [5.74, 6) is 2.02. The fourth-order valence-corrected chi connectivity index (χ4v) is 6.91. The summed E-state index contributed by atoms with van der Waals surface area (Å²) in [7, 11) is 0. The molecule has 5 rings (SSSR count). The zero-order valence-corrected chi connectivity index (χ0v) is 13.3. The van der Waals surface area contributed by atoms with E-state index < -0.39 is 0 Å². The van der Waals surface area contributed by atoms with Gasteiger partial charge in [-0.1, -0.05) is 53.2 Å². The van der Waals surface area contributed by atoms with Crippen molar-refractivity contribution in [2.45, 2.75) is 50.3 Å². The van der Waals surface area contributed by atoms with Gasteiger partial charge in [-0.3, -0.25) is 0 Å². The van der Waals surface area contributed by atoms with Crippen molar-refractivity contribution in [3.8, 4) is 0 Å². The van der Waals surface area contributed by atoms with Gasteiger partial charge in [0.15, 0.2) is 0 Å². The molecule has 0 aromatic heterocycles. The summed E-state index contributed by atoms with van der Waals surface area (Å²) in [6, 6.07) is 11.1. The van der Waals surface area contributed by atoms with E-state index in [1.807, 2.05) is 0 Å². The van der Waals surface area contributed by atoms with Crippen LogP contribution in [0.1, 0.15) is 55.8 Å². The minimum Gasteiger partial charge on any atom is -0.0833 e. The van der Waals surface area contributed by atoms with Crippen LogP contribution >= 0.6 is 15.9 Å². The zero-order chi connectivity index (χ0) is 13.1. The Labute approximate surface area is 125 Å². The Morgan fingerprint density at radius 2 is 1.68 bits per heavy atom. The molecule has 0 aliphatic heterocycles. The highest BCUT2D eigenvalue weighted by molar-refractivity contribution is 9.09. The van der Waals surface area contributed by atoms with Crippen molar-refractivity contribution in [2.24, 2.45) is 22.7 Å². The fourth-order valence-electron chi connectivity index (χ4n) is 6.07. The summed E-state index contributed by atoms with van der Waals surface area (Å²) in [5.41, 5.74) is 2.68. The largest absolute Gasteiger partial charge is 0.0833 e. The molecule has 3 atom stereocenters. The Balaban J connectivity index is 1.70. The van der Waals surface area contributed by atoms with Crippen LogP contribution in [0.25, 0.3) is 0 Å². The second-order valence-corrected chi connectivity index (χ2v) is 8.82. The summed E-state index contributed by atoms with van der Waals surface area (Å²) < 4.78 is 0. The van der Waals surface area contributed by atoms with Crippen molar-refractivity contribution in [3.63, 3.8) is 0 Å². The molecule has 19 heavy (non-hydrogen) atoms. The molecule has 1 aromatic carbocycles. The van der Waals surface area contributed by atoms with E-state index >= 15 is 0 Å². The van der Waals surface area contributed by atoms with Gasteiger partial charge in [0.05, 0.1) is 0 Å². The Morgan fingerprint density at radius 3 is 2.26 bits per heavy atom. The van der Waals surface area contributed by atoms with Gasteiger partial charge >= 0.3 is 0 Å². The van der Waals surface area contributed by atoms with Crippen LogP contribution in [0.5, 0.6) is 0 Å². The van der Waals surface area contributed by atoms with E-state index in [0.717, 1.165) is 11.8 Å². The molecule has 4 bridgehead atoms. The summed E-state index contributed by atoms with van der Waals surface area (Å²) in [6.07, 6.45) is 8.89. The number of alkyl halides is 1. The van der Waals surface area contributed by atoms with E-state index in [1.54, 1.807) is 0 Å². The molecular formula is C18H23Br. The summed E-state index contributed by atoms with van der Waals surface area (Å²) in [6.45, 7) is 2.56. The van der Waals surface area contributed by atoms with Crippen LogP contribution in [-0.4, -0.2) is 0 Å². The number of halogens is 1. The lowest BCUT2D eigenvalue weighted by Crippen LogP contribution is -2.52. The van der Waals surface area contributed by atoms with Gasteiger partial charge in [-0.2, -0.15) is 0 Å². The number of rotatable bonds is 2. The number of hydrogen-bond donors (Lipinski definition) is 0. The molecule has 4 aliphatic rings. The van der Waals surface area contributed by atoms with Crippen molar-refractivity contribution in [3.05, 3.63) is 35.9 Å². The zero-order valence-electron chi connectivity index (χ0n) is 11.7. The minimum absolute atomic E-state index is 0.542. The third-order valence-electron chi connectivity index (χ3n) is 6.03. The Kier molecular flexibility index (Phi) is 2.68. The summed E-state index contributed by atoms with van der Waals surface area (Å²) in [4.78, 5) is 0.562. The van der Waals surface area contributed by atoms with Gasteiger partial charge in [0.2, 0.25) is 0 Å². The highest BCUT2D eigenvalue weighted by atomic mass is 79.9. The first kappa shape index (κ1) is 12.4. The molecule has 4 fully saturated rings. The second-order valence-electron chi connectivity index (χ2n) is 7.91. The summed E-state index contributed by atoms with van der Waals surface area (Å²) in [5, 5.41) is 0. The third kappa shape index (κ3) is 1.92. The van der Waals surface area contributed by atoms with Gasteiger partial charge in [0.1, 0.15) is 0 Å². The molecule has 0 nitrogen and oxygen atoms in total. The van der Waals surface area contributed by atoms with Crippen molar-refractivity contribution in [1.82, 2.24) is 0 Å². The molecule has 0 saturated heterocycles. The SMILES string of the molecule is CC12CC3CC(C1)CC(C(Br)c1ccccc1)(C3)C2. The molecular weight excluding hydrogens is 296 g/mol. The van der Waals surface area contributed by atoms with Gasteiger partial charge in [0.25, 0.3) is 0 Å². The maximum Gasteiger partial charge on any atom is 0.0451 e. The monoisotopic (exact) mass is 318 g/mol. The van der Waals surface area contributed by atoms with Gasteiger partial charge in [-0.25, -0.2) is 0 Å². The quantitative estimate of drug-likeness (QED) is 0.611. The molecule has 3 unspecified atom stereocenters. The number of benzene rings is 1. The smallest absolute Gasteiger partial charge is 0.0451 e. The van der Waals surface area contributed by atoms with Crippen LogP contribution < -0.4 is 0 Å². The van der Waals surface area contributed by atoms with Crippen molar-refractivity contribution >= 4 is 15.9 Å². The molecule has 0 amide bonds. The van der Waals surface area contributed by atoms with Gasteiger partial charge < -0.3 is 0 Å². The first-order valence-corrected chi connectivity index (χ1v) is 8.69. The molecule has 102 valence electrons. The lowest BCUT2D eigenvalue weighted by molar-refractivity contribution is -0.101. The molecule has 0 heterocycles. The topological polar surface area (TPSA) is 0 Å². The highest BCUT2D eigenvalue weighted by Gasteiger charge is 2.58. The maximum absolute atomic E-state index is 4.10. The average molecular weight is 319 g/mol. The van der Waals surface area contributed by atoms with E-state index in [2.05, 4.69) is 53.2 Å².